The molecule has 126 valence electrons. The molecule has 0 aliphatic carbocycles. The zero-order valence-electron chi connectivity index (χ0n) is 13.6. The Kier molecular flexibility index (Phi) is 4.49. The number of halogens is 1. The number of aliphatic hydroxyl groups excluding tert-OH is 1. The second-order valence-corrected chi connectivity index (χ2v) is 6.09. The van der Waals surface area contributed by atoms with E-state index in [1.165, 1.54) is 11.0 Å². The molecule has 1 atom stereocenters. The van der Waals surface area contributed by atoms with Gasteiger partial charge in [0.1, 0.15) is 11.9 Å². The van der Waals surface area contributed by atoms with Gasteiger partial charge in [-0.1, -0.05) is 19.9 Å². The molecule has 1 aromatic carbocycles. The molecule has 3 rings (SSSR count). The maximum absolute atomic E-state index is 14.5. The second kappa shape index (κ2) is 6.57. The van der Waals surface area contributed by atoms with E-state index in [0.717, 1.165) is 5.69 Å². The van der Waals surface area contributed by atoms with Crippen molar-refractivity contribution in [2.45, 2.75) is 25.9 Å². The quantitative estimate of drug-likeness (QED) is 0.934. The topological polar surface area (TPSA) is 62.7 Å². The van der Waals surface area contributed by atoms with Crippen LogP contribution in [0.15, 0.2) is 36.5 Å². The van der Waals surface area contributed by atoms with Crippen molar-refractivity contribution in [3.63, 3.8) is 0 Å². The summed E-state index contributed by atoms with van der Waals surface area (Å²) >= 11 is 0. The number of carbonyl (C=O) groups is 1. The van der Waals surface area contributed by atoms with E-state index in [1.54, 1.807) is 18.3 Å². The molecule has 1 aliphatic rings. The van der Waals surface area contributed by atoms with Gasteiger partial charge in [-0.3, -0.25) is 9.88 Å². The number of aliphatic hydroxyl groups is 1. The van der Waals surface area contributed by atoms with Crippen LogP contribution in [0.2, 0.25) is 0 Å². The Morgan fingerprint density at radius 1 is 1.38 bits per heavy atom. The molecule has 0 spiro atoms. The maximum atomic E-state index is 14.5. The fraction of sp³-hybridized carbons (Fsp3) is 0.333. The number of amides is 1. The Bertz CT molecular complexity index is 746. The first kappa shape index (κ1) is 16.4. The zero-order chi connectivity index (χ0) is 17.3. The largest absolute Gasteiger partial charge is 0.441 e. The molecule has 2 heterocycles. The Morgan fingerprint density at radius 2 is 2.17 bits per heavy atom. The predicted molar refractivity (Wildman–Crippen MR) is 88.4 cm³/mol. The lowest BCUT2D eigenvalue weighted by Crippen LogP contribution is -2.25. The van der Waals surface area contributed by atoms with E-state index in [2.05, 4.69) is 4.98 Å². The number of benzene rings is 1. The molecule has 1 unspecified atom stereocenters. The highest BCUT2D eigenvalue weighted by atomic mass is 19.1. The summed E-state index contributed by atoms with van der Waals surface area (Å²) in [7, 11) is 0. The number of cyclic esters (lactones) is 1. The average Bonchev–Trinajstić information content (AvgIpc) is 2.96. The zero-order valence-corrected chi connectivity index (χ0v) is 13.6. The smallest absolute Gasteiger partial charge is 0.414 e. The van der Waals surface area contributed by atoms with Gasteiger partial charge in [-0.05, 0) is 30.2 Å². The first-order valence-corrected chi connectivity index (χ1v) is 7.84. The molecule has 2 aromatic rings. The van der Waals surface area contributed by atoms with Gasteiger partial charge in [-0.25, -0.2) is 9.18 Å². The second-order valence-electron chi connectivity index (χ2n) is 6.09. The number of hydrogen-bond donors (Lipinski definition) is 1. The molecular formula is C18H19FN2O3. The van der Waals surface area contributed by atoms with Crippen LogP contribution in [0.5, 0.6) is 0 Å². The summed E-state index contributed by atoms with van der Waals surface area (Å²) in [6.07, 6.45) is 0.497. The van der Waals surface area contributed by atoms with Crippen molar-refractivity contribution < 1.29 is 19.0 Å². The monoisotopic (exact) mass is 330 g/mol. The van der Waals surface area contributed by atoms with E-state index in [1.807, 2.05) is 26.0 Å². The minimum absolute atomic E-state index is 0.207. The van der Waals surface area contributed by atoms with Crippen LogP contribution in [0.4, 0.5) is 14.9 Å². The molecular weight excluding hydrogens is 311 g/mol. The molecule has 0 saturated carbocycles. The van der Waals surface area contributed by atoms with Gasteiger partial charge in [0, 0.05) is 23.0 Å². The predicted octanol–water partition coefficient (Wildman–Crippen LogP) is 3.33. The lowest BCUT2D eigenvalue weighted by molar-refractivity contribution is 0.0963. The van der Waals surface area contributed by atoms with Gasteiger partial charge in [-0.2, -0.15) is 0 Å². The Labute approximate surface area is 139 Å². The fourth-order valence-corrected chi connectivity index (χ4v) is 2.64. The van der Waals surface area contributed by atoms with Gasteiger partial charge in [0.05, 0.1) is 18.8 Å². The first-order chi connectivity index (χ1) is 11.5. The highest BCUT2D eigenvalue weighted by Crippen LogP contribution is 2.29. The SMILES string of the molecule is CC(C)c1ccc(-c2ccc(N3CC(CO)OC3=O)cc2F)cn1. The van der Waals surface area contributed by atoms with Crippen LogP contribution < -0.4 is 4.90 Å². The van der Waals surface area contributed by atoms with Gasteiger partial charge in [0.15, 0.2) is 0 Å². The maximum Gasteiger partial charge on any atom is 0.414 e. The molecule has 1 aliphatic heterocycles. The van der Waals surface area contributed by atoms with E-state index < -0.39 is 18.0 Å². The lowest BCUT2D eigenvalue weighted by Gasteiger charge is -2.14. The Balaban J connectivity index is 1.86. The van der Waals surface area contributed by atoms with Crippen molar-refractivity contribution in [1.82, 2.24) is 4.98 Å². The van der Waals surface area contributed by atoms with Crippen molar-refractivity contribution in [3.05, 3.63) is 48.0 Å². The Morgan fingerprint density at radius 3 is 2.71 bits per heavy atom. The highest BCUT2D eigenvalue weighted by Gasteiger charge is 2.32. The van der Waals surface area contributed by atoms with E-state index in [4.69, 9.17) is 9.84 Å². The number of nitrogens with zero attached hydrogens (tertiary/aromatic N) is 2. The molecule has 1 saturated heterocycles. The fourth-order valence-electron chi connectivity index (χ4n) is 2.64. The number of hydrogen-bond acceptors (Lipinski definition) is 4. The van der Waals surface area contributed by atoms with Gasteiger partial charge < -0.3 is 9.84 Å². The third-order valence-corrected chi connectivity index (χ3v) is 4.03. The van der Waals surface area contributed by atoms with Crippen LogP contribution >= 0.6 is 0 Å². The average molecular weight is 330 g/mol. The number of aromatic nitrogens is 1. The lowest BCUT2D eigenvalue weighted by atomic mass is 10.0. The highest BCUT2D eigenvalue weighted by molar-refractivity contribution is 5.90. The van der Waals surface area contributed by atoms with Gasteiger partial charge >= 0.3 is 6.09 Å². The van der Waals surface area contributed by atoms with E-state index in [-0.39, 0.29) is 13.2 Å². The minimum atomic E-state index is -0.579. The van der Waals surface area contributed by atoms with Crippen LogP contribution in [0.25, 0.3) is 11.1 Å². The standard InChI is InChI=1S/C18H19FN2O3/c1-11(2)17-6-3-12(8-20-17)15-5-4-13(7-16(15)19)21-9-14(10-22)24-18(21)23/h3-8,11,14,22H,9-10H2,1-2H3. The van der Waals surface area contributed by atoms with Crippen molar-refractivity contribution in [2.24, 2.45) is 0 Å². The Hall–Kier alpha value is -2.47. The molecule has 1 fully saturated rings. The number of rotatable bonds is 4. The molecule has 1 N–H and O–H groups in total. The molecule has 6 heteroatoms. The van der Waals surface area contributed by atoms with Crippen LogP contribution in [-0.4, -0.2) is 35.4 Å². The number of anilines is 1. The van der Waals surface area contributed by atoms with E-state index in [0.29, 0.717) is 22.7 Å². The van der Waals surface area contributed by atoms with E-state index >= 15 is 0 Å². The van der Waals surface area contributed by atoms with E-state index in [9.17, 15) is 9.18 Å². The van der Waals surface area contributed by atoms with Crippen molar-refractivity contribution >= 4 is 11.8 Å². The molecule has 24 heavy (non-hydrogen) atoms. The van der Waals surface area contributed by atoms with Gasteiger partial charge in [0.2, 0.25) is 0 Å². The summed E-state index contributed by atoms with van der Waals surface area (Å²) in [5.41, 5.74) is 2.46. The van der Waals surface area contributed by atoms with Crippen LogP contribution in [-0.2, 0) is 4.74 Å². The van der Waals surface area contributed by atoms with Crippen LogP contribution in [0.3, 0.4) is 0 Å². The number of pyridine rings is 1. The summed E-state index contributed by atoms with van der Waals surface area (Å²) in [6, 6.07) is 8.31. The van der Waals surface area contributed by atoms with Crippen LogP contribution in [0.1, 0.15) is 25.5 Å². The van der Waals surface area contributed by atoms with Crippen molar-refractivity contribution in [3.8, 4) is 11.1 Å². The summed E-state index contributed by atoms with van der Waals surface area (Å²) in [4.78, 5) is 17.4. The summed E-state index contributed by atoms with van der Waals surface area (Å²) in [5, 5.41) is 9.07. The third-order valence-electron chi connectivity index (χ3n) is 4.03. The summed E-state index contributed by atoms with van der Waals surface area (Å²) in [6.45, 7) is 4.05. The third kappa shape index (κ3) is 3.10. The number of ether oxygens (including phenoxy) is 1. The molecule has 1 amide bonds. The minimum Gasteiger partial charge on any atom is -0.441 e. The molecule has 5 nitrogen and oxygen atoms in total. The number of carbonyl (C=O) groups excluding carboxylic acids is 1. The summed E-state index contributed by atoms with van der Waals surface area (Å²) in [5.74, 6) is -0.126. The van der Waals surface area contributed by atoms with Crippen molar-refractivity contribution in [2.75, 3.05) is 18.1 Å². The van der Waals surface area contributed by atoms with Crippen molar-refractivity contribution in [1.29, 1.82) is 0 Å². The first-order valence-electron chi connectivity index (χ1n) is 7.84. The normalized spacial score (nSPS) is 17.5. The van der Waals surface area contributed by atoms with Crippen LogP contribution in [0, 0.1) is 5.82 Å². The van der Waals surface area contributed by atoms with Gasteiger partial charge in [0.25, 0.3) is 0 Å². The molecule has 0 radical (unpaired) electrons. The molecule has 1 aromatic heterocycles. The van der Waals surface area contributed by atoms with Gasteiger partial charge in [-0.15, -0.1) is 0 Å². The summed E-state index contributed by atoms with van der Waals surface area (Å²) < 4.78 is 19.5. The molecule has 0 bridgehead atoms.